The number of amides is 5. The monoisotopic (exact) mass is 1960 g/mol. The lowest BCUT2D eigenvalue weighted by molar-refractivity contribution is -0.247. The number of carbonyl (C=O) groups is 12. The Morgan fingerprint density at radius 3 is 1.86 bits per heavy atom. The van der Waals surface area contributed by atoms with E-state index in [1.165, 1.54) is 53.9 Å². The molecule has 3 saturated heterocycles. The Morgan fingerprint density at radius 2 is 1.32 bits per heavy atom. The summed E-state index contributed by atoms with van der Waals surface area (Å²) in [5.41, 5.74) is 16.0. The lowest BCUT2D eigenvalue weighted by atomic mass is 9.72. The molecule has 2 aliphatic carbocycles. The smallest absolute Gasteiger partial charge is 0.343 e. The highest BCUT2D eigenvalue weighted by atomic mass is 35.5. The van der Waals surface area contributed by atoms with Crippen LogP contribution in [0.15, 0.2) is 128 Å². The van der Waals surface area contributed by atoms with Gasteiger partial charge in [0.1, 0.15) is 17.1 Å². The lowest BCUT2D eigenvalue weighted by Gasteiger charge is -2.42. The van der Waals surface area contributed by atoms with Gasteiger partial charge in [0.05, 0.1) is 74.5 Å². The molecule has 5 amide bonds. The summed E-state index contributed by atoms with van der Waals surface area (Å²) in [6.07, 6.45) is 1.83. The fraction of sp³-hybridized carbons (Fsp3) is 0.427. The summed E-state index contributed by atoms with van der Waals surface area (Å²) in [5, 5.41) is 119. The summed E-state index contributed by atoms with van der Waals surface area (Å²) < 4.78 is 31.0. The molecule has 21 N–H and O–H groups in total. The third-order valence-electron chi connectivity index (χ3n) is 21.9. The summed E-state index contributed by atoms with van der Waals surface area (Å²) in [7, 11) is 0.762. The predicted molar refractivity (Wildman–Crippen MR) is 497 cm³/mol. The number of halogens is 2. The summed E-state index contributed by atoms with van der Waals surface area (Å²) in [6.45, 7) is 11.7. The number of primary amides is 1. The Bertz CT molecular complexity index is 5300. The van der Waals surface area contributed by atoms with Crippen molar-refractivity contribution in [1.29, 1.82) is 0 Å². The van der Waals surface area contributed by atoms with E-state index < -0.39 is 172 Å². The number of aliphatic carboxylic acids is 6. The second-order valence-corrected chi connectivity index (χ2v) is 35.1. The maximum Gasteiger partial charge on any atom is 0.343 e. The molecule has 3 fully saturated rings. The number of carboxylic acids is 6. The number of fused-ring (bicyclic) bond motifs is 3. The van der Waals surface area contributed by atoms with Crippen molar-refractivity contribution in [3.63, 3.8) is 0 Å². The van der Waals surface area contributed by atoms with Crippen LogP contribution in [0.25, 0.3) is 11.3 Å². The number of nitrogens with two attached hydrogens (primary N) is 2. The highest BCUT2D eigenvalue weighted by Gasteiger charge is 2.50. The molecule has 2 aromatic heterocycles. The van der Waals surface area contributed by atoms with Crippen molar-refractivity contribution < 1.29 is 132 Å². The number of anilines is 4. The van der Waals surface area contributed by atoms with Gasteiger partial charge in [-0.2, -0.15) is 0 Å². The number of carbonyl (C=O) groups excluding carboxylic acids is 6. The molecule has 738 valence electrons. The first-order valence-corrected chi connectivity index (χ1v) is 45.4. The number of likely N-dealkylation sites (N-methyl/N-ethyl adjacent to an activating group) is 1. The Kier molecular flexibility index (Phi) is 43.5. The van der Waals surface area contributed by atoms with Crippen LogP contribution in [0.4, 0.5) is 32.6 Å². The van der Waals surface area contributed by atoms with Crippen LogP contribution in [0.3, 0.4) is 0 Å². The van der Waals surface area contributed by atoms with Gasteiger partial charge in [-0.1, -0.05) is 54.6 Å². The number of aliphatic hydroxyl groups is 2. The van der Waals surface area contributed by atoms with Crippen molar-refractivity contribution in [3.05, 3.63) is 183 Å². The number of urea groups is 2. The number of pyridine rings is 1. The zero-order valence-corrected chi connectivity index (χ0v) is 78.2. The van der Waals surface area contributed by atoms with Crippen LogP contribution in [0.1, 0.15) is 123 Å². The van der Waals surface area contributed by atoms with Gasteiger partial charge in [0.2, 0.25) is 5.95 Å². The van der Waals surface area contributed by atoms with E-state index in [1.807, 2.05) is 67.6 Å². The van der Waals surface area contributed by atoms with Crippen LogP contribution < -0.4 is 43.3 Å². The van der Waals surface area contributed by atoms with E-state index in [4.69, 9.17) is 58.0 Å². The highest BCUT2D eigenvalue weighted by molar-refractivity contribution is 7.54. The molecule has 3 unspecified atom stereocenters. The quantitative estimate of drug-likeness (QED) is 0.00756. The maximum absolute atomic E-state index is 13.3. The van der Waals surface area contributed by atoms with Crippen molar-refractivity contribution in [2.75, 3.05) is 140 Å². The van der Waals surface area contributed by atoms with Crippen molar-refractivity contribution in [2.45, 2.75) is 122 Å². The molecule has 44 nitrogen and oxygen atoms in total. The van der Waals surface area contributed by atoms with Gasteiger partial charge in [-0.05, 0) is 119 Å². The normalized spacial score (nSPS) is 19.4. The van der Waals surface area contributed by atoms with Gasteiger partial charge < -0.3 is 103 Å². The number of phenolic OH excluding ortho intramolecular Hbond substituents is 2. The molecule has 0 spiro atoms. The fourth-order valence-corrected chi connectivity index (χ4v) is 17.6. The summed E-state index contributed by atoms with van der Waals surface area (Å²) >= 11 is 11.1. The number of hydrogen-bond acceptors (Lipinski definition) is 31. The van der Waals surface area contributed by atoms with Gasteiger partial charge in [0.15, 0.2) is 23.6 Å². The van der Waals surface area contributed by atoms with E-state index in [-0.39, 0.29) is 71.6 Å². The molecule has 0 bridgehead atoms. The zero-order valence-electron chi connectivity index (χ0n) is 75.8. The highest BCUT2D eigenvalue weighted by Crippen LogP contribution is 2.53. The third-order valence-corrected chi connectivity index (χ3v) is 24.5. The number of aryl methyl sites for hydroxylation is 1. The summed E-state index contributed by atoms with van der Waals surface area (Å²) in [5.74, 6) is -9.09. The summed E-state index contributed by atoms with van der Waals surface area (Å²) in [4.78, 5) is 161. The molecule has 5 aromatic carbocycles. The van der Waals surface area contributed by atoms with E-state index in [0.717, 1.165) is 80.0 Å². The number of hydroxylamine groups is 1. The number of nitrogens with zero attached hydrogens (tertiary/aromatic N) is 9. The Hall–Kier alpha value is -12.2. The van der Waals surface area contributed by atoms with Gasteiger partial charge in [-0.15, -0.1) is 23.2 Å². The molecular weight excluding hydrogens is 1840 g/mol. The number of alkyl halides is 2. The van der Waals surface area contributed by atoms with E-state index in [0.29, 0.717) is 59.9 Å². The number of hydrogen-bond donors (Lipinski definition) is 19. The van der Waals surface area contributed by atoms with E-state index in [2.05, 4.69) is 63.9 Å². The van der Waals surface area contributed by atoms with Gasteiger partial charge in [-0.3, -0.25) is 82.3 Å². The minimum Gasteiger partial charge on any atom is -0.507 e. The van der Waals surface area contributed by atoms with E-state index >= 15 is 0 Å². The average Bonchev–Trinajstić information content (AvgIpc) is 0.711. The first-order valence-electron chi connectivity index (χ1n) is 42.7. The molecule has 0 saturated carbocycles. The Labute approximate surface area is 792 Å². The molecule has 12 rings (SSSR count). The number of rotatable bonds is 34. The Morgan fingerprint density at radius 1 is 0.735 bits per heavy atom. The zero-order chi connectivity index (χ0) is 100. The molecular formula is C89H116Cl2N17O27P. The number of aromatic hydroxyl groups is 2. The van der Waals surface area contributed by atoms with Crippen LogP contribution in [0, 0.1) is 6.92 Å². The number of ether oxygens (including phenoxy) is 2. The molecule has 5 heterocycles. The molecule has 9 atom stereocenters. The van der Waals surface area contributed by atoms with Crippen molar-refractivity contribution in [1.82, 2.24) is 60.0 Å². The van der Waals surface area contributed by atoms with Gasteiger partial charge >= 0.3 is 49.6 Å². The first kappa shape index (κ1) is 111. The minimum absolute atomic E-state index is 0.00588. The molecule has 7 aromatic rings. The number of nitrogens with one attached hydrogen (secondary N) is 6. The van der Waals surface area contributed by atoms with Crippen LogP contribution >= 0.6 is 30.9 Å². The number of carboxylic acid groups (broad SMARTS) is 6. The van der Waals surface area contributed by atoms with Gasteiger partial charge in [0.25, 0.3) is 11.9 Å². The van der Waals surface area contributed by atoms with Crippen LogP contribution in [-0.2, 0) is 71.5 Å². The number of Topliss-reactive ketones (excluding diaryl/α,β-unsaturated/α-hetero) is 1. The Balaban J connectivity index is 0.000000248. The lowest BCUT2D eigenvalue weighted by Crippen LogP contribution is -2.53. The molecule has 0 radical (unpaired) electrons. The third kappa shape index (κ3) is 33.7. The number of piperazine rings is 1. The molecule has 47 heteroatoms. The fourth-order valence-electron chi connectivity index (χ4n) is 15.1. The number of aromatic nitrogens is 3. The van der Waals surface area contributed by atoms with Crippen LogP contribution in [-0.4, -0.2) is 338 Å². The average molecular weight is 1960 g/mol. The summed E-state index contributed by atoms with van der Waals surface area (Å²) in [6, 6.07) is 28.2. The number of phenols is 2. The van der Waals surface area contributed by atoms with E-state index in [1.54, 1.807) is 66.6 Å². The predicted octanol–water partition coefficient (Wildman–Crippen LogP) is 5.70. The molecule has 136 heavy (non-hydrogen) atoms. The topological polar surface area (TPSA) is 654 Å². The van der Waals surface area contributed by atoms with Crippen molar-refractivity contribution in [3.8, 4) is 22.8 Å². The SMILES string of the molecule is CC(=O)O.CC(=O)[C@]1(O)Cc2c(O)c3c(c(O)c2[C@@H](O[C@H]2C[C@H](N)[C@H](O)[C@H](C)O2)C1)C(=O)c1ccccc1C3=O.CNC(=O)Nc1ccc(CC(CN(CC(=O)O)CC(C)N(CC(=O)O)CC(=O)O)N(CC(=O)O)CC(=O)O)cc1.Cc1ccc(NC(=O)c2ccc(CN3CCN(C)CC3)cc2)cc1Nc1nccc(-c2cccnc2)n1.NC(=O)NO.O=P1(NCCCl)OCCCN1CCCl. The van der Waals surface area contributed by atoms with Gasteiger partial charge in [0, 0.05) is 198 Å². The van der Waals surface area contributed by atoms with Gasteiger partial charge in [-0.25, -0.2) is 34.8 Å². The molecule has 5 aliphatic rings. The second kappa shape index (κ2) is 53.4. The minimum atomic E-state index is -2.84. The van der Waals surface area contributed by atoms with Crippen LogP contribution in [0.2, 0.25) is 0 Å². The number of ketones is 3. The van der Waals surface area contributed by atoms with E-state index in [9.17, 15) is 103 Å². The first-order chi connectivity index (χ1) is 64.4. The van der Waals surface area contributed by atoms with Crippen molar-refractivity contribution in [2.24, 2.45) is 11.5 Å². The number of benzene rings is 5. The maximum atomic E-state index is 13.3. The standard InChI is InChI=1S/C29H31N7O.C26H27NO9.C24H35N5O11.C7H15Cl2N2O2P.C2H4O2.CH4N2O2/c1-21-5-10-25(18-27(21)34-29-31-13-11-26(33-29)24-4-3-12-30-19-24)32-28(37)23-8-6-22(7-9-23)20-36-16-14-35(2)15-17-36;1-10-21(29)15(27)7-17(35-10)36-16-9-26(34,11(2)28)8-14-18(16)25(33)20-19(24(14)32)22(30)12-5-3-4-6-13(12)23(20)31;1-15(28(11-20(32)33)12-21(34)35)8-27(10-19(30)31)9-18(29(13-22(36)37)14-23(38)39)7-16-3-5-17(6-4-16)26-24(40)25-2;8-2-4-10-14(12)11(6-3-9)5-1-7-13-14;1-2(3)4;2-1(4)3-5/h3-13,18-19H,14-17,20H2,1-2H3,(H,32,37)(H,31,33,34);3-6,10,15-17,21,29,32-34H,7-9,27H2,1-2H3;3-6,15,18H,7-14H2,1-2H3,(H,30,31)(H,32,33)(H,34,35)(H,36,37)(H,38,39)(H2,25,26,40);1-7H2,(H,10,12);1H3,(H,3,4);5H,(H3,2,3,4)/t;10-,15-,16-,17-,21+,26-;;;;/m.0..../s1. The number of aliphatic hydroxyl groups excluding tert-OH is 1. The second-order valence-electron chi connectivity index (χ2n) is 32.2. The molecule has 3 aliphatic heterocycles. The van der Waals surface area contributed by atoms with Crippen LogP contribution in [0.5, 0.6) is 11.5 Å². The largest absolute Gasteiger partial charge is 0.507 e. The van der Waals surface area contributed by atoms with Crippen molar-refractivity contribution >= 4 is 125 Å².